The van der Waals surface area contributed by atoms with Gasteiger partial charge < -0.3 is 5.11 Å². The Morgan fingerprint density at radius 1 is 1.43 bits per heavy atom. The molecule has 0 atom stereocenters. The molecule has 112 valence electrons. The zero-order valence-electron chi connectivity index (χ0n) is 11.4. The molecular formula is C13H15N3O4S. The van der Waals surface area contributed by atoms with Crippen LogP contribution >= 0.6 is 0 Å². The lowest BCUT2D eigenvalue weighted by Gasteiger charge is -2.06. The highest BCUT2D eigenvalue weighted by atomic mass is 32.2. The van der Waals surface area contributed by atoms with Crippen LogP contribution in [0.15, 0.2) is 36.7 Å². The monoisotopic (exact) mass is 309 g/mol. The normalized spacial score (nSPS) is 11.3. The van der Waals surface area contributed by atoms with E-state index in [0.717, 1.165) is 0 Å². The van der Waals surface area contributed by atoms with E-state index >= 15 is 0 Å². The number of nitrogens with one attached hydrogen (secondary N) is 1. The minimum Gasteiger partial charge on any atom is -0.478 e. The van der Waals surface area contributed by atoms with Gasteiger partial charge in [0.2, 0.25) is 10.0 Å². The molecule has 0 spiro atoms. The van der Waals surface area contributed by atoms with Crippen molar-refractivity contribution in [2.75, 3.05) is 4.72 Å². The van der Waals surface area contributed by atoms with Crippen molar-refractivity contribution in [3.8, 4) is 0 Å². The molecule has 0 fully saturated rings. The summed E-state index contributed by atoms with van der Waals surface area (Å²) in [6.45, 7) is 2.53. The highest BCUT2D eigenvalue weighted by Gasteiger charge is 2.14. The smallest absolute Gasteiger partial charge is 0.335 e. The number of benzene rings is 1. The van der Waals surface area contributed by atoms with Gasteiger partial charge in [0.15, 0.2) is 0 Å². The Hall–Kier alpha value is -2.35. The molecular weight excluding hydrogens is 294 g/mol. The third kappa shape index (κ3) is 4.06. The van der Waals surface area contributed by atoms with E-state index in [1.165, 1.54) is 24.4 Å². The number of carboxylic acid groups (broad SMARTS) is 1. The summed E-state index contributed by atoms with van der Waals surface area (Å²) in [7, 11) is -3.62. The SMILES string of the molecule is CCn1cc(NS(=O)(=O)Cc2cccc(C(=O)O)c2)cn1. The number of carbonyl (C=O) groups is 1. The van der Waals surface area contributed by atoms with E-state index in [1.54, 1.807) is 16.9 Å². The fraction of sp³-hybridized carbons (Fsp3) is 0.231. The van der Waals surface area contributed by atoms with Gasteiger partial charge in [-0.05, 0) is 24.6 Å². The van der Waals surface area contributed by atoms with Crippen LogP contribution in [0.5, 0.6) is 0 Å². The van der Waals surface area contributed by atoms with Gasteiger partial charge in [-0.25, -0.2) is 13.2 Å². The lowest BCUT2D eigenvalue weighted by molar-refractivity contribution is 0.0696. The Balaban J connectivity index is 2.13. The number of hydrogen-bond acceptors (Lipinski definition) is 4. The summed E-state index contributed by atoms with van der Waals surface area (Å²) < 4.78 is 28.1. The van der Waals surface area contributed by atoms with Crippen molar-refractivity contribution in [2.45, 2.75) is 19.2 Å². The molecule has 0 aliphatic heterocycles. The molecule has 2 aromatic rings. The van der Waals surface area contributed by atoms with Gasteiger partial charge in [0.25, 0.3) is 0 Å². The van der Waals surface area contributed by atoms with Crippen molar-refractivity contribution >= 4 is 21.7 Å². The van der Waals surface area contributed by atoms with Crippen LogP contribution in [0, 0.1) is 0 Å². The number of sulfonamides is 1. The first-order valence-electron chi connectivity index (χ1n) is 6.25. The van der Waals surface area contributed by atoms with Crippen LogP contribution in [-0.2, 0) is 22.3 Å². The number of hydrogen-bond donors (Lipinski definition) is 2. The van der Waals surface area contributed by atoms with Gasteiger partial charge in [-0.15, -0.1) is 0 Å². The molecule has 2 N–H and O–H groups in total. The minimum absolute atomic E-state index is 0.0569. The van der Waals surface area contributed by atoms with Gasteiger partial charge in [-0.1, -0.05) is 12.1 Å². The molecule has 2 rings (SSSR count). The third-order valence-corrected chi connectivity index (χ3v) is 4.02. The van der Waals surface area contributed by atoms with Crippen molar-refractivity contribution in [1.82, 2.24) is 9.78 Å². The zero-order chi connectivity index (χ0) is 15.5. The molecule has 0 aliphatic carbocycles. The summed E-state index contributed by atoms with van der Waals surface area (Å²) >= 11 is 0. The number of aryl methyl sites for hydroxylation is 1. The molecule has 0 saturated carbocycles. The van der Waals surface area contributed by atoms with E-state index in [1.807, 2.05) is 6.92 Å². The molecule has 7 nitrogen and oxygen atoms in total. The van der Waals surface area contributed by atoms with Crippen LogP contribution < -0.4 is 4.72 Å². The van der Waals surface area contributed by atoms with Gasteiger partial charge in [0.05, 0.1) is 23.2 Å². The third-order valence-electron chi connectivity index (χ3n) is 2.76. The number of aromatic nitrogens is 2. The maximum Gasteiger partial charge on any atom is 0.335 e. The molecule has 0 aliphatic rings. The fourth-order valence-electron chi connectivity index (χ4n) is 1.82. The molecule has 8 heteroatoms. The van der Waals surface area contributed by atoms with Crippen molar-refractivity contribution in [3.63, 3.8) is 0 Å². The molecule has 0 bridgehead atoms. The molecule has 1 aromatic heterocycles. The fourth-order valence-corrected chi connectivity index (χ4v) is 2.97. The van der Waals surface area contributed by atoms with E-state index in [9.17, 15) is 13.2 Å². The molecule has 0 radical (unpaired) electrons. The topological polar surface area (TPSA) is 101 Å². The van der Waals surface area contributed by atoms with Crippen molar-refractivity contribution in [2.24, 2.45) is 0 Å². The molecule has 1 aromatic carbocycles. The highest BCUT2D eigenvalue weighted by Crippen LogP contribution is 2.13. The second-order valence-corrected chi connectivity index (χ2v) is 6.17. The second kappa shape index (κ2) is 5.96. The molecule has 1 heterocycles. The van der Waals surface area contributed by atoms with E-state index in [-0.39, 0.29) is 11.3 Å². The molecule has 21 heavy (non-hydrogen) atoms. The molecule has 0 saturated heterocycles. The summed E-state index contributed by atoms with van der Waals surface area (Å²) in [5.74, 6) is -1.39. The predicted molar refractivity (Wildman–Crippen MR) is 77.5 cm³/mol. The van der Waals surface area contributed by atoms with Crippen LogP contribution in [0.3, 0.4) is 0 Å². The van der Waals surface area contributed by atoms with Gasteiger partial charge in [-0.2, -0.15) is 5.10 Å². The number of aromatic carboxylic acids is 1. The number of nitrogens with zero attached hydrogens (tertiary/aromatic N) is 2. The van der Waals surface area contributed by atoms with E-state index in [4.69, 9.17) is 5.11 Å². The van der Waals surface area contributed by atoms with E-state index in [0.29, 0.717) is 17.8 Å². The maximum atomic E-state index is 12.1. The first kappa shape index (κ1) is 15.0. The summed E-state index contributed by atoms with van der Waals surface area (Å²) in [5, 5.41) is 12.9. The Morgan fingerprint density at radius 3 is 2.81 bits per heavy atom. The van der Waals surface area contributed by atoms with Gasteiger partial charge in [-0.3, -0.25) is 9.40 Å². The summed E-state index contributed by atoms with van der Waals surface area (Å²) in [4.78, 5) is 10.9. The average molecular weight is 309 g/mol. The van der Waals surface area contributed by atoms with E-state index in [2.05, 4.69) is 9.82 Å². The van der Waals surface area contributed by atoms with Crippen LogP contribution in [0.2, 0.25) is 0 Å². The summed E-state index contributed by atoms with van der Waals surface area (Å²) in [6.07, 6.45) is 3.01. The van der Waals surface area contributed by atoms with Gasteiger partial charge in [0.1, 0.15) is 0 Å². The average Bonchev–Trinajstić information content (AvgIpc) is 2.85. The Bertz CT molecular complexity index is 752. The van der Waals surface area contributed by atoms with Crippen LogP contribution in [0.25, 0.3) is 0 Å². The van der Waals surface area contributed by atoms with Crippen molar-refractivity contribution in [1.29, 1.82) is 0 Å². The van der Waals surface area contributed by atoms with Crippen LogP contribution in [0.4, 0.5) is 5.69 Å². The van der Waals surface area contributed by atoms with Crippen LogP contribution in [-0.4, -0.2) is 29.3 Å². The number of anilines is 1. The van der Waals surface area contributed by atoms with Crippen LogP contribution in [0.1, 0.15) is 22.8 Å². The van der Waals surface area contributed by atoms with Crippen molar-refractivity contribution < 1.29 is 18.3 Å². The highest BCUT2D eigenvalue weighted by molar-refractivity contribution is 7.91. The lowest BCUT2D eigenvalue weighted by Crippen LogP contribution is -2.15. The minimum atomic E-state index is -3.62. The second-order valence-electron chi connectivity index (χ2n) is 4.45. The summed E-state index contributed by atoms with van der Waals surface area (Å²) in [5.41, 5.74) is 0.845. The Labute approximate surface area is 122 Å². The molecule has 0 unspecified atom stereocenters. The first-order valence-corrected chi connectivity index (χ1v) is 7.90. The summed E-state index contributed by atoms with van der Waals surface area (Å²) in [6, 6.07) is 5.85. The molecule has 0 amide bonds. The maximum absolute atomic E-state index is 12.1. The number of carboxylic acids is 1. The largest absolute Gasteiger partial charge is 0.478 e. The van der Waals surface area contributed by atoms with Gasteiger partial charge in [0, 0.05) is 12.7 Å². The zero-order valence-corrected chi connectivity index (χ0v) is 12.2. The van der Waals surface area contributed by atoms with E-state index < -0.39 is 16.0 Å². The quantitative estimate of drug-likeness (QED) is 0.843. The number of rotatable bonds is 6. The Kier molecular flexibility index (Phi) is 4.27. The lowest BCUT2D eigenvalue weighted by atomic mass is 10.1. The van der Waals surface area contributed by atoms with Gasteiger partial charge >= 0.3 is 5.97 Å². The Morgan fingerprint density at radius 2 is 2.19 bits per heavy atom. The predicted octanol–water partition coefficient (Wildman–Crippen LogP) is 1.54. The van der Waals surface area contributed by atoms with Crippen molar-refractivity contribution in [3.05, 3.63) is 47.8 Å². The first-order chi connectivity index (χ1) is 9.89. The standard InChI is InChI=1S/C13H15N3O4S/c1-2-16-8-12(7-14-16)15-21(19,20)9-10-4-3-5-11(6-10)13(17)18/h3-8,15H,2,9H2,1H3,(H,17,18).